The summed E-state index contributed by atoms with van der Waals surface area (Å²) in [5, 5.41) is 12.7. The van der Waals surface area contributed by atoms with Gasteiger partial charge in [0.1, 0.15) is 5.69 Å². The topological polar surface area (TPSA) is 68.8 Å². The minimum atomic E-state index is -0.541. The molecule has 2 heterocycles. The summed E-state index contributed by atoms with van der Waals surface area (Å²) in [4.78, 5) is 14.2. The molecule has 0 fully saturated rings. The maximum absolute atomic E-state index is 12.7. The van der Waals surface area contributed by atoms with Crippen LogP contribution in [0.5, 0.6) is 0 Å². The Balaban J connectivity index is 2.02. The van der Waals surface area contributed by atoms with Gasteiger partial charge in [-0.25, -0.2) is 4.68 Å². The molecule has 0 aliphatic carbocycles. The Morgan fingerprint density at radius 3 is 2.62 bits per heavy atom. The molecule has 3 aromatic rings. The van der Waals surface area contributed by atoms with Crippen LogP contribution in [0.15, 0.2) is 48.8 Å². The van der Waals surface area contributed by atoms with Crippen molar-refractivity contribution in [3.8, 4) is 11.4 Å². The molecular formula is C17H20N6O. The van der Waals surface area contributed by atoms with Crippen molar-refractivity contribution in [3.63, 3.8) is 0 Å². The van der Waals surface area contributed by atoms with Gasteiger partial charge in [-0.05, 0) is 18.6 Å². The molecule has 1 amide bonds. The molecule has 0 N–H and O–H groups in total. The number of hydrogen-bond acceptors (Lipinski definition) is 4. The SMILES string of the molecule is CCn1nccc1-c1cn(C(C(=O)N(C)C)c2ccccc2)nn1. The summed E-state index contributed by atoms with van der Waals surface area (Å²) >= 11 is 0. The van der Waals surface area contributed by atoms with Gasteiger partial charge in [-0.2, -0.15) is 5.10 Å². The van der Waals surface area contributed by atoms with Crippen molar-refractivity contribution >= 4 is 5.91 Å². The lowest BCUT2D eigenvalue weighted by Gasteiger charge is -2.20. The van der Waals surface area contributed by atoms with Crippen LogP contribution in [-0.4, -0.2) is 49.7 Å². The first-order valence-corrected chi connectivity index (χ1v) is 7.82. The summed E-state index contributed by atoms with van der Waals surface area (Å²) < 4.78 is 3.46. The molecule has 7 nitrogen and oxygen atoms in total. The Morgan fingerprint density at radius 1 is 1.21 bits per heavy atom. The average Bonchev–Trinajstić information content (AvgIpc) is 3.24. The summed E-state index contributed by atoms with van der Waals surface area (Å²) in [6, 6.07) is 10.9. The van der Waals surface area contributed by atoms with Crippen LogP contribution >= 0.6 is 0 Å². The van der Waals surface area contributed by atoms with Crippen LogP contribution in [0.3, 0.4) is 0 Å². The van der Waals surface area contributed by atoms with Crippen LogP contribution in [0.25, 0.3) is 11.4 Å². The molecular weight excluding hydrogens is 304 g/mol. The van der Waals surface area contributed by atoms with Crippen LogP contribution in [0.4, 0.5) is 0 Å². The standard InChI is InChI=1S/C17H20N6O/c1-4-22-15(10-11-18-22)14-12-23(20-19-14)16(17(24)21(2)3)13-8-6-5-7-9-13/h5-12,16H,4H2,1-3H3. The van der Waals surface area contributed by atoms with Crippen molar-refractivity contribution in [1.29, 1.82) is 0 Å². The fourth-order valence-corrected chi connectivity index (χ4v) is 2.61. The van der Waals surface area contributed by atoms with Gasteiger partial charge in [-0.1, -0.05) is 35.5 Å². The van der Waals surface area contributed by atoms with E-state index in [4.69, 9.17) is 0 Å². The van der Waals surface area contributed by atoms with E-state index in [1.54, 1.807) is 36.1 Å². The molecule has 1 atom stereocenters. The molecule has 0 bridgehead atoms. The van der Waals surface area contributed by atoms with Crippen molar-refractivity contribution < 1.29 is 4.79 Å². The van der Waals surface area contributed by atoms with Crippen LogP contribution in [-0.2, 0) is 11.3 Å². The van der Waals surface area contributed by atoms with E-state index >= 15 is 0 Å². The molecule has 24 heavy (non-hydrogen) atoms. The summed E-state index contributed by atoms with van der Waals surface area (Å²) in [6.07, 6.45) is 3.53. The second kappa shape index (κ2) is 6.66. The highest BCUT2D eigenvalue weighted by molar-refractivity contribution is 5.83. The van der Waals surface area contributed by atoms with Gasteiger partial charge >= 0.3 is 0 Å². The highest BCUT2D eigenvalue weighted by Crippen LogP contribution is 2.22. The Bertz CT molecular complexity index is 820. The highest BCUT2D eigenvalue weighted by atomic mass is 16.2. The van der Waals surface area contributed by atoms with E-state index in [9.17, 15) is 4.79 Å². The number of hydrogen-bond donors (Lipinski definition) is 0. The third-order valence-corrected chi connectivity index (χ3v) is 3.84. The third kappa shape index (κ3) is 2.92. The zero-order valence-electron chi connectivity index (χ0n) is 14.0. The fourth-order valence-electron chi connectivity index (χ4n) is 2.61. The van der Waals surface area contributed by atoms with Gasteiger partial charge in [0.15, 0.2) is 6.04 Å². The van der Waals surface area contributed by atoms with E-state index in [0.29, 0.717) is 5.69 Å². The van der Waals surface area contributed by atoms with Crippen molar-refractivity contribution in [2.24, 2.45) is 0 Å². The van der Waals surface area contributed by atoms with Crippen LogP contribution in [0, 0.1) is 0 Å². The zero-order chi connectivity index (χ0) is 17.1. The molecule has 124 valence electrons. The minimum absolute atomic E-state index is 0.0540. The quantitative estimate of drug-likeness (QED) is 0.718. The Morgan fingerprint density at radius 2 is 1.96 bits per heavy atom. The molecule has 0 spiro atoms. The Labute approximate surface area is 140 Å². The van der Waals surface area contributed by atoms with E-state index in [1.807, 2.05) is 48.0 Å². The summed E-state index contributed by atoms with van der Waals surface area (Å²) in [7, 11) is 3.48. The molecule has 7 heteroatoms. The largest absolute Gasteiger partial charge is 0.347 e. The van der Waals surface area contributed by atoms with E-state index in [1.165, 1.54) is 0 Å². The van der Waals surface area contributed by atoms with Gasteiger partial charge in [0.05, 0.1) is 11.9 Å². The van der Waals surface area contributed by atoms with Gasteiger partial charge < -0.3 is 4.90 Å². The average molecular weight is 324 g/mol. The summed E-state index contributed by atoms with van der Waals surface area (Å²) in [5.74, 6) is -0.0540. The number of benzene rings is 1. The van der Waals surface area contributed by atoms with E-state index in [-0.39, 0.29) is 5.91 Å². The highest BCUT2D eigenvalue weighted by Gasteiger charge is 2.26. The maximum Gasteiger partial charge on any atom is 0.251 e. The predicted molar refractivity (Wildman–Crippen MR) is 90.2 cm³/mol. The second-order valence-corrected chi connectivity index (χ2v) is 5.66. The first-order valence-electron chi connectivity index (χ1n) is 7.82. The number of aromatic nitrogens is 5. The van der Waals surface area contributed by atoms with Crippen LogP contribution in [0.2, 0.25) is 0 Å². The fraction of sp³-hybridized carbons (Fsp3) is 0.294. The number of carbonyl (C=O) groups excluding carboxylic acids is 1. The number of nitrogens with zero attached hydrogens (tertiary/aromatic N) is 6. The van der Waals surface area contributed by atoms with E-state index in [2.05, 4.69) is 15.4 Å². The van der Waals surface area contributed by atoms with Gasteiger partial charge in [-0.15, -0.1) is 5.10 Å². The molecule has 0 saturated carbocycles. The van der Waals surface area contributed by atoms with E-state index in [0.717, 1.165) is 17.8 Å². The zero-order valence-corrected chi connectivity index (χ0v) is 14.0. The summed E-state index contributed by atoms with van der Waals surface area (Å²) in [6.45, 7) is 2.76. The van der Waals surface area contributed by atoms with Crippen molar-refractivity contribution in [1.82, 2.24) is 29.7 Å². The smallest absolute Gasteiger partial charge is 0.251 e. The van der Waals surface area contributed by atoms with Crippen molar-refractivity contribution in [2.45, 2.75) is 19.5 Å². The lowest BCUT2D eigenvalue weighted by Crippen LogP contribution is -2.32. The molecule has 1 unspecified atom stereocenters. The van der Waals surface area contributed by atoms with Gasteiger partial charge in [-0.3, -0.25) is 9.48 Å². The lowest BCUT2D eigenvalue weighted by atomic mass is 10.1. The molecule has 3 rings (SSSR count). The van der Waals surface area contributed by atoms with Crippen LogP contribution in [0.1, 0.15) is 18.5 Å². The predicted octanol–water partition coefficient (Wildman–Crippen LogP) is 1.84. The maximum atomic E-state index is 12.7. The number of rotatable bonds is 5. The van der Waals surface area contributed by atoms with Crippen LogP contribution < -0.4 is 0 Å². The molecule has 0 saturated heterocycles. The molecule has 0 radical (unpaired) electrons. The second-order valence-electron chi connectivity index (χ2n) is 5.66. The normalized spacial score (nSPS) is 12.1. The Hall–Kier alpha value is -2.96. The summed E-state index contributed by atoms with van der Waals surface area (Å²) in [5.41, 5.74) is 2.45. The minimum Gasteiger partial charge on any atom is -0.347 e. The monoisotopic (exact) mass is 324 g/mol. The van der Waals surface area contributed by atoms with Crippen molar-refractivity contribution in [3.05, 3.63) is 54.4 Å². The van der Waals surface area contributed by atoms with Gasteiger partial charge in [0.2, 0.25) is 0 Å². The van der Waals surface area contributed by atoms with Crippen molar-refractivity contribution in [2.75, 3.05) is 14.1 Å². The first-order chi connectivity index (χ1) is 11.6. The number of carbonyl (C=O) groups is 1. The molecule has 0 aliphatic rings. The number of amides is 1. The van der Waals surface area contributed by atoms with E-state index < -0.39 is 6.04 Å². The first kappa shape index (κ1) is 15.9. The molecule has 0 aliphatic heterocycles. The molecule has 2 aromatic heterocycles. The Kier molecular flexibility index (Phi) is 4.41. The number of aryl methyl sites for hydroxylation is 1. The molecule has 1 aromatic carbocycles. The third-order valence-electron chi connectivity index (χ3n) is 3.84. The lowest BCUT2D eigenvalue weighted by molar-refractivity contribution is -0.131. The van der Waals surface area contributed by atoms with Gasteiger partial charge in [0.25, 0.3) is 5.91 Å². The van der Waals surface area contributed by atoms with Gasteiger partial charge in [0, 0.05) is 26.8 Å². The number of likely N-dealkylation sites (N-methyl/N-ethyl adjacent to an activating group) is 1.